The molecule has 2 aromatic rings. The Morgan fingerprint density at radius 2 is 1.33 bits per heavy atom. The van der Waals surface area contributed by atoms with Gasteiger partial charge in [0.2, 0.25) is 5.91 Å². The largest absolute Gasteiger partial charge is 0.354 e. The van der Waals surface area contributed by atoms with Gasteiger partial charge in [-0.3, -0.25) is 4.79 Å². The predicted molar refractivity (Wildman–Crippen MR) is 130 cm³/mol. The highest BCUT2D eigenvalue weighted by molar-refractivity contribution is 5.80. The molecule has 1 amide bonds. The first-order chi connectivity index (χ1) is 14.8. The number of nitrogens with one attached hydrogen (secondary N) is 1. The number of unbranched alkanes of at least 4 members (excludes halogenated alkanes) is 13. The van der Waals surface area contributed by atoms with Crippen LogP contribution in [0.2, 0.25) is 0 Å². The average Bonchev–Trinajstić information content (AvgIpc) is 3.17. The molecule has 3 heteroatoms. The number of carbonyl (C=O) groups is 1. The van der Waals surface area contributed by atoms with Crippen LogP contribution in [0.25, 0.3) is 10.9 Å². The van der Waals surface area contributed by atoms with Crippen molar-refractivity contribution >= 4 is 16.8 Å². The van der Waals surface area contributed by atoms with Crippen LogP contribution >= 0.6 is 0 Å². The van der Waals surface area contributed by atoms with E-state index in [9.17, 15) is 4.79 Å². The number of hydrogen-bond acceptors (Lipinski definition) is 1. The number of rotatable bonds is 18. The molecule has 0 aliphatic heterocycles. The molecule has 0 fully saturated rings. The van der Waals surface area contributed by atoms with Gasteiger partial charge in [-0.05, 0) is 23.9 Å². The third kappa shape index (κ3) is 10.3. The summed E-state index contributed by atoms with van der Waals surface area (Å²) in [6.07, 6.45) is 21.7. The molecule has 1 aromatic heterocycles. The maximum Gasteiger partial charge on any atom is 0.220 e. The molecule has 0 atom stereocenters. The number of amides is 1. The zero-order chi connectivity index (χ0) is 21.3. The fourth-order valence-corrected chi connectivity index (χ4v) is 4.22. The Balaban J connectivity index is 1.36. The van der Waals surface area contributed by atoms with E-state index in [1.54, 1.807) is 0 Å². The summed E-state index contributed by atoms with van der Waals surface area (Å²) >= 11 is 0. The van der Waals surface area contributed by atoms with E-state index in [0.29, 0.717) is 13.0 Å². The molecule has 0 unspecified atom stereocenters. The Morgan fingerprint density at radius 3 is 1.97 bits per heavy atom. The third-order valence-corrected chi connectivity index (χ3v) is 6.11. The van der Waals surface area contributed by atoms with Crippen molar-refractivity contribution in [1.82, 2.24) is 9.88 Å². The molecule has 0 aliphatic carbocycles. The van der Waals surface area contributed by atoms with Crippen LogP contribution < -0.4 is 5.32 Å². The van der Waals surface area contributed by atoms with Gasteiger partial charge >= 0.3 is 0 Å². The van der Waals surface area contributed by atoms with Gasteiger partial charge in [0.1, 0.15) is 0 Å². The van der Waals surface area contributed by atoms with Crippen LogP contribution in [-0.2, 0) is 11.3 Å². The second kappa shape index (κ2) is 16.0. The number of benzene rings is 1. The summed E-state index contributed by atoms with van der Waals surface area (Å²) in [4.78, 5) is 12.0. The van der Waals surface area contributed by atoms with Crippen molar-refractivity contribution in [1.29, 1.82) is 0 Å². The molecule has 0 spiro atoms. The molecule has 0 saturated heterocycles. The summed E-state index contributed by atoms with van der Waals surface area (Å²) in [5, 5.41) is 4.33. The Hall–Kier alpha value is -1.77. The monoisotopic (exact) mass is 412 g/mol. The molecular formula is C27H44N2O. The van der Waals surface area contributed by atoms with Crippen LogP contribution in [0.15, 0.2) is 36.5 Å². The van der Waals surface area contributed by atoms with Crippen LogP contribution in [0.4, 0.5) is 0 Å². The first-order valence-electron chi connectivity index (χ1n) is 12.6. The van der Waals surface area contributed by atoms with Gasteiger partial charge in [0.25, 0.3) is 0 Å². The molecule has 0 radical (unpaired) electrons. The molecule has 0 bridgehead atoms. The second-order valence-corrected chi connectivity index (χ2v) is 8.76. The molecule has 2 rings (SSSR count). The minimum absolute atomic E-state index is 0.199. The van der Waals surface area contributed by atoms with E-state index >= 15 is 0 Å². The SMILES string of the molecule is CCCCCCCCCCCCCCCCC(=O)NCCn1ccc2ccccc21. The van der Waals surface area contributed by atoms with Gasteiger partial charge in [0.05, 0.1) is 0 Å². The van der Waals surface area contributed by atoms with Gasteiger partial charge < -0.3 is 9.88 Å². The lowest BCUT2D eigenvalue weighted by molar-refractivity contribution is -0.121. The maximum absolute atomic E-state index is 12.0. The van der Waals surface area contributed by atoms with Gasteiger partial charge in [-0.2, -0.15) is 0 Å². The van der Waals surface area contributed by atoms with E-state index in [1.807, 2.05) is 0 Å². The van der Waals surface area contributed by atoms with E-state index in [1.165, 1.54) is 94.4 Å². The summed E-state index contributed by atoms with van der Waals surface area (Å²) in [7, 11) is 0. The van der Waals surface area contributed by atoms with Crippen LogP contribution in [-0.4, -0.2) is 17.0 Å². The van der Waals surface area contributed by atoms with Crippen molar-refractivity contribution < 1.29 is 4.79 Å². The highest BCUT2D eigenvalue weighted by atomic mass is 16.1. The lowest BCUT2D eigenvalue weighted by Gasteiger charge is -2.08. The minimum Gasteiger partial charge on any atom is -0.354 e. The molecule has 3 nitrogen and oxygen atoms in total. The zero-order valence-electron chi connectivity index (χ0n) is 19.3. The van der Waals surface area contributed by atoms with Crippen LogP contribution in [0.3, 0.4) is 0 Å². The average molecular weight is 413 g/mol. The van der Waals surface area contributed by atoms with Gasteiger partial charge in [-0.25, -0.2) is 0 Å². The zero-order valence-corrected chi connectivity index (χ0v) is 19.3. The highest BCUT2D eigenvalue weighted by Crippen LogP contribution is 2.15. The number of aromatic nitrogens is 1. The van der Waals surface area contributed by atoms with Crippen molar-refractivity contribution in [2.75, 3.05) is 6.54 Å². The molecule has 1 heterocycles. The number of hydrogen-bond donors (Lipinski definition) is 1. The first-order valence-corrected chi connectivity index (χ1v) is 12.6. The molecule has 0 saturated carbocycles. The minimum atomic E-state index is 0.199. The predicted octanol–water partition coefficient (Wildman–Crippen LogP) is 7.63. The summed E-state index contributed by atoms with van der Waals surface area (Å²) in [5.74, 6) is 0.199. The van der Waals surface area contributed by atoms with E-state index < -0.39 is 0 Å². The molecule has 0 aliphatic rings. The third-order valence-electron chi connectivity index (χ3n) is 6.11. The molecule has 1 aromatic carbocycles. The van der Waals surface area contributed by atoms with Crippen molar-refractivity contribution in [2.45, 2.75) is 110 Å². The smallest absolute Gasteiger partial charge is 0.220 e. The van der Waals surface area contributed by atoms with Crippen LogP contribution in [0.1, 0.15) is 103 Å². The number of fused-ring (bicyclic) bond motifs is 1. The number of para-hydroxylation sites is 1. The van der Waals surface area contributed by atoms with Crippen molar-refractivity contribution in [3.63, 3.8) is 0 Å². The van der Waals surface area contributed by atoms with Gasteiger partial charge in [-0.1, -0.05) is 109 Å². The lowest BCUT2D eigenvalue weighted by Crippen LogP contribution is -2.26. The molecular weight excluding hydrogens is 368 g/mol. The topological polar surface area (TPSA) is 34.0 Å². The van der Waals surface area contributed by atoms with Gasteiger partial charge in [0.15, 0.2) is 0 Å². The standard InChI is InChI=1S/C27H44N2O/c1-2-3-4-5-6-7-8-9-10-11-12-13-14-15-20-27(30)28-22-24-29-23-21-25-18-16-17-19-26(25)29/h16-19,21,23H,2-15,20,22,24H2,1H3,(H,28,30). The van der Waals surface area contributed by atoms with Gasteiger partial charge in [-0.15, -0.1) is 0 Å². The Morgan fingerprint density at radius 1 is 0.767 bits per heavy atom. The van der Waals surface area contributed by atoms with Crippen molar-refractivity contribution in [2.24, 2.45) is 0 Å². The lowest BCUT2D eigenvalue weighted by atomic mass is 10.0. The summed E-state index contributed by atoms with van der Waals surface area (Å²) in [6, 6.07) is 10.5. The Bertz CT molecular complexity index is 691. The van der Waals surface area contributed by atoms with Crippen LogP contribution in [0.5, 0.6) is 0 Å². The molecule has 1 N–H and O–H groups in total. The highest BCUT2D eigenvalue weighted by Gasteiger charge is 2.03. The number of carbonyl (C=O) groups excluding carboxylic acids is 1. The fourth-order valence-electron chi connectivity index (χ4n) is 4.22. The van der Waals surface area contributed by atoms with E-state index in [2.05, 4.69) is 53.3 Å². The molecule has 30 heavy (non-hydrogen) atoms. The quantitative estimate of drug-likeness (QED) is 0.251. The fraction of sp³-hybridized carbons (Fsp3) is 0.667. The van der Waals surface area contributed by atoms with Crippen molar-refractivity contribution in [3.8, 4) is 0 Å². The molecule has 168 valence electrons. The second-order valence-electron chi connectivity index (χ2n) is 8.76. The van der Waals surface area contributed by atoms with E-state index in [4.69, 9.17) is 0 Å². The summed E-state index contributed by atoms with van der Waals surface area (Å²) < 4.78 is 2.21. The van der Waals surface area contributed by atoms with Crippen molar-refractivity contribution in [3.05, 3.63) is 36.5 Å². The van der Waals surface area contributed by atoms with E-state index in [0.717, 1.165) is 13.0 Å². The van der Waals surface area contributed by atoms with Crippen LogP contribution in [0, 0.1) is 0 Å². The maximum atomic E-state index is 12.0. The van der Waals surface area contributed by atoms with Gasteiger partial charge in [0, 0.05) is 31.2 Å². The Labute approximate surface area is 184 Å². The van der Waals surface area contributed by atoms with E-state index in [-0.39, 0.29) is 5.91 Å². The Kier molecular flexibility index (Phi) is 13.1. The summed E-state index contributed by atoms with van der Waals surface area (Å²) in [5.41, 5.74) is 1.23. The normalized spacial score (nSPS) is 11.2. The summed E-state index contributed by atoms with van der Waals surface area (Å²) in [6.45, 7) is 3.82. The number of nitrogens with zero attached hydrogens (tertiary/aromatic N) is 1. The first kappa shape index (κ1) is 24.5.